The Kier molecular flexibility index (Phi) is 15.8. The summed E-state index contributed by atoms with van der Waals surface area (Å²) in [6.45, 7) is 14.9. The molecule has 252 valence electrons. The number of carbonyl (C=O) groups is 4. The Morgan fingerprint density at radius 3 is 2.24 bits per heavy atom. The fraction of sp³-hybridized carbons (Fsp3) is 0.515. The number of aliphatic hydroxyl groups is 1. The van der Waals surface area contributed by atoms with E-state index in [1.807, 2.05) is 51.1 Å². The molecule has 2 rings (SSSR count). The highest BCUT2D eigenvalue weighted by Gasteiger charge is 2.30. The minimum Gasteiger partial charge on any atom is -0.394 e. The Morgan fingerprint density at radius 2 is 1.63 bits per heavy atom. The third-order valence-electron chi connectivity index (χ3n) is 7.05. The molecule has 0 saturated heterocycles. The van der Waals surface area contributed by atoms with Crippen molar-refractivity contribution in [2.24, 2.45) is 10.9 Å². The Morgan fingerprint density at radius 1 is 0.978 bits per heavy atom. The molecule has 46 heavy (non-hydrogen) atoms. The molecule has 1 heterocycles. The topological polar surface area (TPSA) is 176 Å². The third kappa shape index (κ3) is 12.6. The number of carbonyl (C=O) groups excluding carboxylic acids is 4. The van der Waals surface area contributed by atoms with Crippen LogP contribution in [-0.4, -0.2) is 81.2 Å². The van der Waals surface area contributed by atoms with Gasteiger partial charge in [-0.05, 0) is 38.7 Å². The highest BCUT2D eigenvalue weighted by atomic mass is 16.5. The molecule has 0 spiro atoms. The molecule has 1 aromatic heterocycles. The Bertz CT molecular complexity index is 1340. The fourth-order valence-electron chi connectivity index (χ4n) is 4.71. The molecule has 0 unspecified atom stereocenters. The van der Waals surface area contributed by atoms with E-state index in [0.29, 0.717) is 36.7 Å². The van der Waals surface area contributed by atoms with Crippen LogP contribution < -0.4 is 21.3 Å². The van der Waals surface area contributed by atoms with Crippen LogP contribution in [0.2, 0.25) is 0 Å². The van der Waals surface area contributed by atoms with Crippen LogP contribution >= 0.6 is 0 Å². The monoisotopic (exact) mass is 639 g/mol. The van der Waals surface area contributed by atoms with Gasteiger partial charge < -0.3 is 35.7 Å². The molecule has 0 aliphatic carbocycles. The summed E-state index contributed by atoms with van der Waals surface area (Å²) in [7, 11) is 0. The Hall–Kier alpha value is -4.36. The van der Waals surface area contributed by atoms with Gasteiger partial charge in [-0.1, -0.05) is 50.8 Å². The number of ketones is 1. The number of nitrogens with zero attached hydrogens (tertiary/aromatic N) is 3. The number of nitrogens with one attached hydrogen (secondary N) is 4. The lowest BCUT2D eigenvalue weighted by Gasteiger charge is -2.29. The Balaban J connectivity index is 2.27. The predicted octanol–water partition coefficient (Wildman–Crippen LogP) is 1.65. The molecule has 2 aromatic rings. The number of Topliss-reactive ketones (excluding diaryl/α,β-unsaturated/α-hetero) is 1. The van der Waals surface area contributed by atoms with E-state index in [-0.39, 0.29) is 24.9 Å². The largest absolute Gasteiger partial charge is 0.394 e. The third-order valence-corrected chi connectivity index (χ3v) is 7.05. The molecule has 13 heteroatoms. The molecule has 0 aliphatic heterocycles. The van der Waals surface area contributed by atoms with Crippen LogP contribution in [0.5, 0.6) is 0 Å². The quantitative estimate of drug-likeness (QED) is 0.136. The molecule has 3 amide bonds. The zero-order chi connectivity index (χ0) is 34.2. The lowest BCUT2D eigenvalue weighted by Crippen LogP contribution is -2.57. The van der Waals surface area contributed by atoms with Gasteiger partial charge in [0.2, 0.25) is 17.7 Å². The van der Waals surface area contributed by atoms with Crippen molar-refractivity contribution in [3.8, 4) is 0 Å². The number of amides is 3. The molecule has 4 atom stereocenters. The molecule has 0 radical (unpaired) electrons. The van der Waals surface area contributed by atoms with E-state index in [1.54, 1.807) is 30.9 Å². The number of imidazole rings is 1. The van der Waals surface area contributed by atoms with Gasteiger partial charge in [0.25, 0.3) is 0 Å². The van der Waals surface area contributed by atoms with Crippen molar-refractivity contribution in [3.63, 3.8) is 0 Å². The molecule has 0 saturated carbocycles. The second kappa shape index (κ2) is 19.2. The molecule has 5 N–H and O–H groups in total. The van der Waals surface area contributed by atoms with Gasteiger partial charge in [-0.2, -0.15) is 0 Å². The van der Waals surface area contributed by atoms with Crippen molar-refractivity contribution in [2.45, 2.75) is 91.9 Å². The summed E-state index contributed by atoms with van der Waals surface area (Å²) < 4.78 is 7.58. The molecule has 0 aliphatic rings. The van der Waals surface area contributed by atoms with Crippen molar-refractivity contribution in [1.29, 1.82) is 0 Å². The van der Waals surface area contributed by atoms with E-state index >= 15 is 0 Å². The number of aliphatic imine (C=N–C) groups is 1. The summed E-state index contributed by atoms with van der Waals surface area (Å²) in [5, 5.41) is 20.9. The number of rotatable bonds is 20. The number of aromatic nitrogens is 2. The lowest BCUT2D eigenvalue weighted by molar-refractivity contribution is -0.132. The first-order valence-corrected chi connectivity index (χ1v) is 15.5. The number of benzene rings is 1. The van der Waals surface area contributed by atoms with Gasteiger partial charge >= 0.3 is 0 Å². The molecule has 0 fully saturated rings. The summed E-state index contributed by atoms with van der Waals surface area (Å²) in [5.74, 6) is -1.80. The van der Waals surface area contributed by atoms with Gasteiger partial charge in [0.1, 0.15) is 18.8 Å². The van der Waals surface area contributed by atoms with E-state index in [0.717, 1.165) is 5.56 Å². The zero-order valence-electron chi connectivity index (χ0n) is 27.7. The highest BCUT2D eigenvalue weighted by Crippen LogP contribution is 2.13. The number of hydrogen-bond donors (Lipinski definition) is 5. The van der Waals surface area contributed by atoms with Gasteiger partial charge in [-0.3, -0.25) is 24.2 Å². The van der Waals surface area contributed by atoms with E-state index in [9.17, 15) is 24.3 Å². The highest BCUT2D eigenvalue weighted by molar-refractivity contribution is 6.40. The normalized spacial score (nSPS) is 14.1. The number of aliphatic hydroxyl groups excluding tert-OH is 1. The molecule has 0 bridgehead atoms. The second-order valence-electron chi connectivity index (χ2n) is 11.5. The molecular weight excluding hydrogens is 590 g/mol. The molecule has 1 aromatic carbocycles. The van der Waals surface area contributed by atoms with Gasteiger partial charge in [0.05, 0.1) is 37.3 Å². The number of hydrogen-bond acceptors (Lipinski definition) is 9. The average molecular weight is 640 g/mol. The van der Waals surface area contributed by atoms with E-state index < -0.39 is 48.5 Å². The maximum Gasteiger partial charge on any atom is 0.245 e. The van der Waals surface area contributed by atoms with Gasteiger partial charge in [0, 0.05) is 37.5 Å². The van der Waals surface area contributed by atoms with Crippen molar-refractivity contribution >= 4 is 29.2 Å². The maximum absolute atomic E-state index is 13.9. The smallest absolute Gasteiger partial charge is 0.245 e. The lowest BCUT2D eigenvalue weighted by atomic mass is 9.99. The maximum atomic E-state index is 13.9. The van der Waals surface area contributed by atoms with E-state index in [2.05, 4.69) is 37.8 Å². The summed E-state index contributed by atoms with van der Waals surface area (Å²) in [6.07, 6.45) is 3.67. The van der Waals surface area contributed by atoms with Crippen LogP contribution in [-0.2, 0) is 43.7 Å². The number of ether oxygens (including phenoxy) is 1. The van der Waals surface area contributed by atoms with Crippen LogP contribution in [0.1, 0.15) is 59.2 Å². The van der Waals surface area contributed by atoms with E-state index in [4.69, 9.17) is 4.74 Å². The first-order valence-electron chi connectivity index (χ1n) is 15.5. The van der Waals surface area contributed by atoms with Gasteiger partial charge in [-0.25, -0.2) is 4.98 Å². The Labute approximate surface area is 271 Å². The predicted molar refractivity (Wildman–Crippen MR) is 176 cm³/mol. The summed E-state index contributed by atoms with van der Waals surface area (Å²) in [4.78, 5) is 59.8. The molecule has 13 nitrogen and oxygen atoms in total. The fourth-order valence-corrected chi connectivity index (χ4v) is 4.71. The summed E-state index contributed by atoms with van der Waals surface area (Å²) in [5.41, 5.74) is 2.43. The van der Waals surface area contributed by atoms with Crippen molar-refractivity contribution in [3.05, 3.63) is 66.4 Å². The van der Waals surface area contributed by atoms with Crippen molar-refractivity contribution in [2.75, 3.05) is 13.2 Å². The summed E-state index contributed by atoms with van der Waals surface area (Å²) in [6, 6.07) is 6.07. The zero-order valence-corrected chi connectivity index (χ0v) is 27.7. The van der Waals surface area contributed by atoms with Crippen molar-refractivity contribution < 1.29 is 29.0 Å². The van der Waals surface area contributed by atoms with Crippen molar-refractivity contribution in [1.82, 2.24) is 30.8 Å². The van der Waals surface area contributed by atoms with Crippen LogP contribution in [0.3, 0.4) is 0 Å². The van der Waals surface area contributed by atoms with Crippen LogP contribution in [0, 0.1) is 5.92 Å². The van der Waals surface area contributed by atoms with Crippen LogP contribution in [0.4, 0.5) is 0 Å². The van der Waals surface area contributed by atoms with Gasteiger partial charge in [0.15, 0.2) is 5.78 Å². The molecular formula is C33H49N7O6. The van der Waals surface area contributed by atoms with Crippen LogP contribution in [0.25, 0.3) is 0 Å². The first-order chi connectivity index (χ1) is 21.9. The summed E-state index contributed by atoms with van der Waals surface area (Å²) >= 11 is 0. The SMILES string of the molecule is C=C(N[C@H](C)C(=O)C(C)=NCC)[C@H](CC(C)C)NC(=O)[C@H](Cc1cncn1COCc1ccccc1)NC(=O)[C@H](CO)NC(C)=O. The minimum absolute atomic E-state index is 0.0281. The van der Waals surface area contributed by atoms with E-state index in [1.165, 1.54) is 6.92 Å². The second-order valence-corrected chi connectivity index (χ2v) is 11.5. The average Bonchev–Trinajstić information content (AvgIpc) is 3.45. The standard InChI is InChI=1S/C33H49N7O6/c1-8-35-23(5)31(43)24(6)36-22(4)28(14-21(2)3)38-32(44)29(39-33(45)30(17-41)37-25(7)42)15-27-16-34-19-40(27)20-46-18-26-12-10-9-11-13-26/h9-13,16,19,21,24,28-30,36,41H,4,8,14-15,17-18,20H2,1-3,5-7H3,(H,37,42)(H,38,44)(H,39,45)/t24-,28+,29+,30+/m1/s1. The first kappa shape index (κ1) is 37.8. The minimum atomic E-state index is -1.25. The van der Waals surface area contributed by atoms with Crippen LogP contribution in [0.15, 0.2) is 60.1 Å². The van der Waals surface area contributed by atoms with Gasteiger partial charge in [-0.15, -0.1) is 0 Å².